The molecule has 0 heterocycles. The summed E-state index contributed by atoms with van der Waals surface area (Å²) >= 11 is 0. The first-order valence-electron chi connectivity index (χ1n) is 7.60. The highest BCUT2D eigenvalue weighted by Gasteiger charge is 2.22. The summed E-state index contributed by atoms with van der Waals surface area (Å²) in [4.78, 5) is 25.2. The standard InChI is InChI=1S/C16H24N2O5S/c1-5-6-11-17(2)15(19)12-18(24(4,21)22)14-9-7-13(8-10-14)16(20)23-3/h7-10H,5-6,11-12H2,1-4H3. The van der Waals surface area contributed by atoms with Gasteiger partial charge in [-0.2, -0.15) is 0 Å². The minimum absolute atomic E-state index is 0.281. The van der Waals surface area contributed by atoms with E-state index < -0.39 is 16.0 Å². The Morgan fingerprint density at radius 1 is 1.17 bits per heavy atom. The molecule has 1 rings (SSSR count). The van der Waals surface area contributed by atoms with Crippen molar-refractivity contribution in [3.8, 4) is 0 Å². The first-order chi connectivity index (χ1) is 11.2. The molecule has 8 heteroatoms. The summed E-state index contributed by atoms with van der Waals surface area (Å²) in [6, 6.07) is 5.88. The van der Waals surface area contributed by atoms with E-state index >= 15 is 0 Å². The van der Waals surface area contributed by atoms with Crippen LogP contribution in [0.3, 0.4) is 0 Å². The fraction of sp³-hybridized carbons (Fsp3) is 0.500. The largest absolute Gasteiger partial charge is 0.465 e. The maximum atomic E-state index is 12.2. The van der Waals surface area contributed by atoms with Gasteiger partial charge in [-0.3, -0.25) is 9.10 Å². The number of nitrogens with zero attached hydrogens (tertiary/aromatic N) is 2. The molecular weight excluding hydrogens is 332 g/mol. The Balaban J connectivity index is 2.98. The molecule has 0 N–H and O–H groups in total. The molecule has 0 aliphatic rings. The van der Waals surface area contributed by atoms with Gasteiger partial charge >= 0.3 is 5.97 Å². The molecule has 0 spiro atoms. The predicted molar refractivity (Wildman–Crippen MR) is 92.5 cm³/mol. The fourth-order valence-corrected chi connectivity index (χ4v) is 2.89. The third kappa shape index (κ3) is 5.52. The van der Waals surface area contributed by atoms with Crippen LogP contribution in [0.4, 0.5) is 5.69 Å². The molecule has 0 saturated heterocycles. The number of rotatable bonds is 8. The van der Waals surface area contributed by atoms with Gasteiger partial charge in [-0.15, -0.1) is 0 Å². The van der Waals surface area contributed by atoms with Crippen LogP contribution in [-0.4, -0.2) is 58.7 Å². The number of hydrogen-bond acceptors (Lipinski definition) is 5. The molecule has 1 aromatic carbocycles. The Bertz CT molecular complexity index is 670. The first kappa shape index (κ1) is 20.0. The second-order valence-corrected chi connectivity index (χ2v) is 7.38. The lowest BCUT2D eigenvalue weighted by Gasteiger charge is -2.25. The quantitative estimate of drug-likeness (QED) is 0.659. The molecule has 0 bridgehead atoms. The van der Waals surface area contributed by atoms with E-state index in [1.807, 2.05) is 6.92 Å². The number of hydrogen-bond donors (Lipinski definition) is 0. The number of esters is 1. The number of ether oxygens (including phenoxy) is 1. The Morgan fingerprint density at radius 2 is 1.75 bits per heavy atom. The first-order valence-corrected chi connectivity index (χ1v) is 9.45. The van der Waals surface area contributed by atoms with Gasteiger partial charge in [0.15, 0.2) is 0 Å². The number of amides is 1. The Kier molecular flexibility index (Phi) is 7.21. The highest BCUT2D eigenvalue weighted by molar-refractivity contribution is 7.92. The lowest BCUT2D eigenvalue weighted by molar-refractivity contribution is -0.128. The van der Waals surface area contributed by atoms with Crippen LogP contribution in [0.2, 0.25) is 0 Å². The minimum atomic E-state index is -3.64. The number of carbonyl (C=O) groups excluding carboxylic acids is 2. The summed E-state index contributed by atoms with van der Waals surface area (Å²) in [7, 11) is -0.717. The molecule has 24 heavy (non-hydrogen) atoms. The van der Waals surface area contributed by atoms with Crippen LogP contribution in [0.5, 0.6) is 0 Å². The molecular formula is C16H24N2O5S. The SMILES string of the molecule is CCCCN(C)C(=O)CN(c1ccc(C(=O)OC)cc1)S(C)(=O)=O. The summed E-state index contributed by atoms with van der Waals surface area (Å²) in [6.07, 6.45) is 2.85. The number of unbranched alkanes of at least 4 members (excludes halogenated alkanes) is 1. The van der Waals surface area contributed by atoms with Crippen LogP contribution in [0.15, 0.2) is 24.3 Å². The van der Waals surface area contributed by atoms with Gasteiger partial charge in [0, 0.05) is 13.6 Å². The van der Waals surface area contributed by atoms with Crippen molar-refractivity contribution in [3.05, 3.63) is 29.8 Å². The van der Waals surface area contributed by atoms with Crippen molar-refractivity contribution in [2.45, 2.75) is 19.8 Å². The monoisotopic (exact) mass is 356 g/mol. The van der Waals surface area contributed by atoms with Gasteiger partial charge in [-0.05, 0) is 30.7 Å². The second-order valence-electron chi connectivity index (χ2n) is 5.48. The van der Waals surface area contributed by atoms with E-state index in [0.29, 0.717) is 17.8 Å². The molecule has 0 aliphatic carbocycles. The van der Waals surface area contributed by atoms with Crippen LogP contribution in [-0.2, 0) is 19.6 Å². The average molecular weight is 356 g/mol. The number of likely N-dealkylation sites (N-methyl/N-ethyl adjacent to an activating group) is 1. The van der Waals surface area contributed by atoms with Crippen LogP contribution < -0.4 is 4.31 Å². The van der Waals surface area contributed by atoms with E-state index in [1.54, 1.807) is 7.05 Å². The van der Waals surface area contributed by atoms with Crippen molar-refractivity contribution in [1.82, 2.24) is 4.90 Å². The Morgan fingerprint density at radius 3 is 2.21 bits per heavy atom. The Labute approximate surface area is 143 Å². The average Bonchev–Trinajstić information content (AvgIpc) is 2.55. The zero-order chi connectivity index (χ0) is 18.3. The van der Waals surface area contributed by atoms with E-state index in [0.717, 1.165) is 23.4 Å². The van der Waals surface area contributed by atoms with Crippen LogP contribution in [0, 0.1) is 0 Å². The van der Waals surface area contributed by atoms with Crippen molar-refractivity contribution in [1.29, 1.82) is 0 Å². The number of benzene rings is 1. The summed E-state index contributed by atoms with van der Waals surface area (Å²) in [5.41, 5.74) is 0.628. The molecule has 0 aromatic heterocycles. The van der Waals surface area contributed by atoms with Gasteiger partial charge in [0.05, 0.1) is 24.6 Å². The molecule has 0 aliphatic heterocycles. The molecule has 1 aromatic rings. The normalized spacial score (nSPS) is 11.0. The van der Waals surface area contributed by atoms with Gasteiger partial charge in [-0.1, -0.05) is 13.3 Å². The lowest BCUT2D eigenvalue weighted by atomic mass is 10.2. The molecule has 134 valence electrons. The Hall–Kier alpha value is -2.09. The fourth-order valence-electron chi connectivity index (χ4n) is 2.05. The van der Waals surface area contributed by atoms with E-state index in [1.165, 1.54) is 36.3 Å². The zero-order valence-electron chi connectivity index (χ0n) is 14.5. The van der Waals surface area contributed by atoms with Crippen LogP contribution in [0.25, 0.3) is 0 Å². The lowest BCUT2D eigenvalue weighted by Crippen LogP contribution is -2.41. The number of sulfonamides is 1. The maximum Gasteiger partial charge on any atom is 0.337 e. The number of anilines is 1. The van der Waals surface area contributed by atoms with Crippen molar-refractivity contribution in [2.24, 2.45) is 0 Å². The van der Waals surface area contributed by atoms with Gasteiger partial charge in [0.2, 0.25) is 15.9 Å². The zero-order valence-corrected chi connectivity index (χ0v) is 15.3. The van der Waals surface area contributed by atoms with Gasteiger partial charge in [-0.25, -0.2) is 13.2 Å². The second kappa shape index (κ2) is 8.68. The van der Waals surface area contributed by atoms with E-state index in [4.69, 9.17) is 0 Å². The molecule has 1 amide bonds. The van der Waals surface area contributed by atoms with Crippen LogP contribution >= 0.6 is 0 Å². The predicted octanol–water partition coefficient (Wildman–Crippen LogP) is 1.50. The van der Waals surface area contributed by atoms with Gasteiger partial charge in [0.25, 0.3) is 0 Å². The third-order valence-corrected chi connectivity index (χ3v) is 4.67. The molecule has 0 radical (unpaired) electrons. The number of methoxy groups -OCH3 is 1. The van der Waals surface area contributed by atoms with Crippen molar-refractivity contribution < 1.29 is 22.7 Å². The van der Waals surface area contributed by atoms with Crippen molar-refractivity contribution in [2.75, 3.05) is 37.8 Å². The summed E-state index contributed by atoms with van der Waals surface area (Å²) in [5, 5.41) is 0. The molecule has 0 unspecified atom stereocenters. The summed E-state index contributed by atoms with van der Waals surface area (Å²) in [6.45, 7) is 2.31. The van der Waals surface area contributed by atoms with Gasteiger partial charge in [0.1, 0.15) is 6.54 Å². The topological polar surface area (TPSA) is 84.0 Å². The summed E-state index contributed by atoms with van der Waals surface area (Å²) < 4.78 is 29.7. The minimum Gasteiger partial charge on any atom is -0.465 e. The maximum absolute atomic E-state index is 12.2. The van der Waals surface area contributed by atoms with Crippen molar-refractivity contribution >= 4 is 27.6 Å². The van der Waals surface area contributed by atoms with E-state index in [9.17, 15) is 18.0 Å². The highest BCUT2D eigenvalue weighted by atomic mass is 32.2. The molecule has 0 fully saturated rings. The highest BCUT2D eigenvalue weighted by Crippen LogP contribution is 2.19. The molecule has 0 saturated carbocycles. The van der Waals surface area contributed by atoms with Crippen LogP contribution in [0.1, 0.15) is 30.1 Å². The molecule has 7 nitrogen and oxygen atoms in total. The summed E-state index contributed by atoms with van der Waals surface area (Å²) in [5.74, 6) is -0.797. The molecule has 0 atom stereocenters. The van der Waals surface area contributed by atoms with Gasteiger partial charge < -0.3 is 9.64 Å². The third-order valence-electron chi connectivity index (χ3n) is 3.53. The van der Waals surface area contributed by atoms with E-state index in [2.05, 4.69) is 4.74 Å². The van der Waals surface area contributed by atoms with E-state index in [-0.39, 0.29) is 12.5 Å². The smallest absolute Gasteiger partial charge is 0.337 e. The number of carbonyl (C=O) groups is 2. The van der Waals surface area contributed by atoms with Crippen molar-refractivity contribution in [3.63, 3.8) is 0 Å².